The largest absolute Gasteiger partial charge is 0.508 e. The van der Waals surface area contributed by atoms with Crippen molar-refractivity contribution in [2.24, 2.45) is 0 Å². The molecule has 1 aromatic carbocycles. The van der Waals surface area contributed by atoms with E-state index in [9.17, 15) is 5.11 Å². The van der Waals surface area contributed by atoms with Crippen molar-refractivity contribution in [1.29, 1.82) is 0 Å². The van der Waals surface area contributed by atoms with Gasteiger partial charge >= 0.3 is 0 Å². The average molecular weight is 386 g/mol. The van der Waals surface area contributed by atoms with Gasteiger partial charge in [-0.15, -0.1) is 0 Å². The number of rotatable bonds is 10. The number of aliphatic hydroxyl groups excluding tert-OH is 1. The zero-order valence-electron chi connectivity index (χ0n) is 13.4. The van der Waals surface area contributed by atoms with Crippen molar-refractivity contribution in [3.63, 3.8) is 0 Å². The Morgan fingerprint density at radius 3 is 1.96 bits per heavy atom. The van der Waals surface area contributed by atoms with Gasteiger partial charge in [-0.25, -0.2) is 0 Å². The highest BCUT2D eigenvalue weighted by Crippen LogP contribution is 2.09. The van der Waals surface area contributed by atoms with Gasteiger partial charge in [0.05, 0.1) is 9.98 Å². The Morgan fingerprint density at radius 2 is 1.38 bits per heavy atom. The molecule has 0 fully saturated rings. The first-order valence-electron chi connectivity index (χ1n) is 7.74. The van der Waals surface area contributed by atoms with Gasteiger partial charge in [-0.05, 0) is 30.7 Å². The Hall–Kier alpha value is -1.35. The van der Waals surface area contributed by atoms with Crippen molar-refractivity contribution < 1.29 is 10.2 Å². The van der Waals surface area contributed by atoms with Crippen LogP contribution in [0, 0.1) is 0 Å². The summed E-state index contributed by atoms with van der Waals surface area (Å²) in [6.07, 6.45) is 2.08. The topological polar surface area (TPSA) is 76.5 Å². The minimum Gasteiger partial charge on any atom is -0.508 e. The molecular formula is C16H23N3O2S3. The van der Waals surface area contributed by atoms with Gasteiger partial charge in [-0.2, -0.15) is 0 Å². The zero-order valence-corrected chi connectivity index (χ0v) is 15.8. The molecular weight excluding hydrogens is 362 g/mol. The van der Waals surface area contributed by atoms with Gasteiger partial charge in [0, 0.05) is 44.6 Å². The summed E-state index contributed by atoms with van der Waals surface area (Å²) in [6.45, 7) is 2.19. The second-order valence-electron chi connectivity index (χ2n) is 5.08. The minimum atomic E-state index is 0.164. The number of hydrogen-bond donors (Lipinski definition) is 5. The predicted octanol–water partition coefficient (Wildman–Crippen LogP) is 1.65. The van der Waals surface area contributed by atoms with Crippen LogP contribution in [-0.2, 0) is 0 Å². The summed E-state index contributed by atoms with van der Waals surface area (Å²) >= 11 is 15.7. The number of phenolic OH excluding ortho intramolecular Hbond substituents is 1. The van der Waals surface area contributed by atoms with E-state index >= 15 is 0 Å². The number of phenols is 1. The highest BCUT2D eigenvalue weighted by atomic mass is 32.1. The molecule has 0 saturated heterocycles. The predicted molar refractivity (Wildman–Crippen MR) is 110 cm³/mol. The van der Waals surface area contributed by atoms with E-state index in [1.165, 1.54) is 0 Å². The van der Waals surface area contributed by atoms with Gasteiger partial charge in [0.2, 0.25) is 0 Å². The second-order valence-corrected chi connectivity index (χ2v) is 6.47. The first kappa shape index (κ1) is 20.7. The highest BCUT2D eigenvalue weighted by Gasteiger charge is 2.02. The molecule has 1 aromatic rings. The van der Waals surface area contributed by atoms with Crippen LogP contribution in [0.4, 0.5) is 0 Å². The molecule has 0 aliphatic rings. The Kier molecular flexibility index (Phi) is 10.4. The SMILES string of the molecule is OCCCNC(=S)CCNC(=S)CCNC(=S)c1ccc(O)cc1. The minimum absolute atomic E-state index is 0.164. The summed E-state index contributed by atoms with van der Waals surface area (Å²) in [5, 5.41) is 27.3. The fourth-order valence-corrected chi connectivity index (χ4v) is 2.45. The molecule has 0 amide bonds. The molecule has 0 atom stereocenters. The lowest BCUT2D eigenvalue weighted by Gasteiger charge is -2.11. The van der Waals surface area contributed by atoms with E-state index in [4.69, 9.17) is 41.8 Å². The molecule has 0 aliphatic heterocycles. The van der Waals surface area contributed by atoms with Crippen LogP contribution in [0.5, 0.6) is 5.75 Å². The maximum atomic E-state index is 9.26. The smallest absolute Gasteiger partial charge is 0.115 e. The molecule has 1 rings (SSSR count). The van der Waals surface area contributed by atoms with E-state index in [2.05, 4.69) is 16.0 Å². The Balaban J connectivity index is 2.12. The van der Waals surface area contributed by atoms with E-state index in [0.717, 1.165) is 15.5 Å². The number of thiocarbonyl (C=S) groups is 3. The van der Waals surface area contributed by atoms with Crippen LogP contribution in [0.15, 0.2) is 24.3 Å². The Morgan fingerprint density at radius 1 is 0.833 bits per heavy atom. The van der Waals surface area contributed by atoms with Crippen molar-refractivity contribution in [2.75, 3.05) is 26.2 Å². The van der Waals surface area contributed by atoms with Crippen LogP contribution in [-0.4, -0.2) is 51.4 Å². The molecule has 0 spiro atoms. The molecule has 5 nitrogen and oxygen atoms in total. The third kappa shape index (κ3) is 9.07. The number of benzene rings is 1. The maximum Gasteiger partial charge on any atom is 0.115 e. The Labute approximate surface area is 158 Å². The van der Waals surface area contributed by atoms with Crippen LogP contribution in [0.3, 0.4) is 0 Å². The molecule has 0 aromatic heterocycles. The molecule has 0 unspecified atom stereocenters. The monoisotopic (exact) mass is 385 g/mol. The molecule has 0 heterocycles. The molecule has 5 N–H and O–H groups in total. The van der Waals surface area contributed by atoms with Gasteiger partial charge in [0.1, 0.15) is 10.7 Å². The molecule has 132 valence electrons. The summed E-state index contributed by atoms with van der Waals surface area (Å²) < 4.78 is 0. The molecule has 0 bridgehead atoms. The summed E-state index contributed by atoms with van der Waals surface area (Å²) in [7, 11) is 0. The number of aliphatic hydroxyl groups is 1. The highest BCUT2D eigenvalue weighted by molar-refractivity contribution is 7.81. The van der Waals surface area contributed by atoms with Crippen LogP contribution in [0.25, 0.3) is 0 Å². The van der Waals surface area contributed by atoms with Crippen molar-refractivity contribution in [3.05, 3.63) is 29.8 Å². The van der Waals surface area contributed by atoms with E-state index in [1.807, 2.05) is 0 Å². The van der Waals surface area contributed by atoms with E-state index < -0.39 is 0 Å². The third-order valence-electron chi connectivity index (χ3n) is 3.10. The van der Waals surface area contributed by atoms with Crippen LogP contribution in [0.1, 0.15) is 24.8 Å². The first-order chi connectivity index (χ1) is 11.5. The summed E-state index contributed by atoms with van der Waals surface area (Å²) in [4.78, 5) is 2.16. The lowest BCUT2D eigenvalue weighted by molar-refractivity contribution is 0.289. The van der Waals surface area contributed by atoms with Gasteiger partial charge in [-0.1, -0.05) is 36.7 Å². The van der Waals surface area contributed by atoms with E-state index in [0.29, 0.717) is 43.9 Å². The van der Waals surface area contributed by atoms with Crippen LogP contribution >= 0.6 is 36.7 Å². The zero-order chi connectivity index (χ0) is 17.8. The maximum absolute atomic E-state index is 9.26. The van der Waals surface area contributed by atoms with Crippen LogP contribution < -0.4 is 16.0 Å². The fourth-order valence-electron chi connectivity index (χ4n) is 1.80. The van der Waals surface area contributed by atoms with Gasteiger partial charge in [0.25, 0.3) is 0 Å². The van der Waals surface area contributed by atoms with Crippen molar-refractivity contribution in [3.8, 4) is 5.75 Å². The summed E-state index contributed by atoms with van der Waals surface area (Å²) in [6, 6.07) is 6.75. The first-order valence-corrected chi connectivity index (χ1v) is 8.97. The quantitative estimate of drug-likeness (QED) is 0.308. The van der Waals surface area contributed by atoms with E-state index in [1.54, 1.807) is 24.3 Å². The fraction of sp³-hybridized carbons (Fsp3) is 0.438. The van der Waals surface area contributed by atoms with Crippen LogP contribution in [0.2, 0.25) is 0 Å². The van der Waals surface area contributed by atoms with Gasteiger partial charge in [0.15, 0.2) is 0 Å². The van der Waals surface area contributed by atoms with Crippen molar-refractivity contribution in [1.82, 2.24) is 16.0 Å². The molecule has 0 radical (unpaired) electrons. The second kappa shape index (κ2) is 12.1. The molecule has 0 aliphatic carbocycles. The third-order valence-corrected chi connectivity index (χ3v) is 4.18. The number of nitrogens with one attached hydrogen (secondary N) is 3. The molecule has 0 saturated carbocycles. The molecule has 24 heavy (non-hydrogen) atoms. The summed E-state index contributed by atoms with van der Waals surface area (Å²) in [5.41, 5.74) is 0.862. The van der Waals surface area contributed by atoms with E-state index in [-0.39, 0.29) is 12.4 Å². The summed E-state index contributed by atoms with van der Waals surface area (Å²) in [5.74, 6) is 0.218. The van der Waals surface area contributed by atoms with Crippen molar-refractivity contribution >= 4 is 51.6 Å². The molecule has 8 heteroatoms. The normalized spacial score (nSPS) is 10.0. The lowest BCUT2D eigenvalue weighted by Crippen LogP contribution is -2.32. The van der Waals surface area contributed by atoms with Gasteiger partial charge in [-0.3, -0.25) is 0 Å². The van der Waals surface area contributed by atoms with Crippen molar-refractivity contribution in [2.45, 2.75) is 19.3 Å². The standard InChI is InChI=1S/C16H23N3O2S3/c20-11-1-8-17-14(22)6-9-18-15(23)7-10-19-16(24)12-2-4-13(21)5-3-12/h2-5,20-21H,1,6-11H2,(H,17,22)(H,18,23)(H,19,24). The number of aromatic hydroxyl groups is 1. The average Bonchev–Trinajstić information content (AvgIpc) is 2.55. The lowest BCUT2D eigenvalue weighted by atomic mass is 10.2. The van der Waals surface area contributed by atoms with Gasteiger partial charge < -0.3 is 26.2 Å². The Bertz CT molecular complexity index is 550. The number of hydrogen-bond acceptors (Lipinski definition) is 5.